The molecule has 0 spiro atoms. The molecule has 0 radical (unpaired) electrons. The van der Waals surface area contributed by atoms with Crippen LogP contribution < -0.4 is 0 Å². The number of unbranched alkanes of at least 4 members (excludes halogenated alkanes) is 3. The van der Waals surface area contributed by atoms with Gasteiger partial charge in [0.05, 0.1) is 6.61 Å². The van der Waals surface area contributed by atoms with E-state index in [4.69, 9.17) is 18.9 Å². The molecule has 136 valence electrons. The number of carbonyl (C=O) groups excluding carboxylic acids is 1. The van der Waals surface area contributed by atoms with Gasteiger partial charge in [0.15, 0.2) is 11.7 Å². The molecular formula is C18H34O5. The number of rotatable bonds is 13. The smallest absolute Gasteiger partial charge is 0.341 e. The Bertz CT molecular complexity index is 333. The lowest BCUT2D eigenvalue weighted by atomic mass is 9.97. The average molecular weight is 330 g/mol. The van der Waals surface area contributed by atoms with Gasteiger partial charge in [-0.05, 0) is 26.2 Å². The molecule has 5 heteroatoms. The Morgan fingerprint density at radius 3 is 2.26 bits per heavy atom. The second kappa shape index (κ2) is 11.0. The largest absolute Gasteiger partial charge is 0.455 e. The summed E-state index contributed by atoms with van der Waals surface area (Å²) in [5.41, 5.74) is -1.03. The molecule has 0 aromatic heterocycles. The zero-order chi connectivity index (χ0) is 17.1. The van der Waals surface area contributed by atoms with Crippen LogP contribution in [-0.2, 0) is 23.7 Å². The van der Waals surface area contributed by atoms with E-state index in [2.05, 4.69) is 20.8 Å². The molecule has 5 nitrogen and oxygen atoms in total. The number of esters is 1. The number of hydrogen-bond acceptors (Lipinski definition) is 5. The highest BCUT2D eigenvalue weighted by Gasteiger charge is 2.56. The van der Waals surface area contributed by atoms with Gasteiger partial charge in [-0.2, -0.15) is 0 Å². The van der Waals surface area contributed by atoms with Gasteiger partial charge in [-0.15, -0.1) is 0 Å². The molecule has 0 saturated carbocycles. The first-order chi connectivity index (χ1) is 11.1. The van der Waals surface area contributed by atoms with E-state index in [0.29, 0.717) is 26.4 Å². The summed E-state index contributed by atoms with van der Waals surface area (Å²) in [7, 11) is 0. The fourth-order valence-electron chi connectivity index (χ4n) is 2.55. The van der Waals surface area contributed by atoms with E-state index in [1.807, 2.05) is 0 Å². The van der Waals surface area contributed by atoms with Crippen molar-refractivity contribution in [3.8, 4) is 0 Å². The predicted molar refractivity (Wildman–Crippen MR) is 89.5 cm³/mol. The molecule has 1 heterocycles. The van der Waals surface area contributed by atoms with Crippen LogP contribution in [0.5, 0.6) is 0 Å². The molecule has 0 N–H and O–H groups in total. The molecular weight excluding hydrogens is 296 g/mol. The third-order valence-corrected chi connectivity index (χ3v) is 4.16. The van der Waals surface area contributed by atoms with Gasteiger partial charge in [0, 0.05) is 19.8 Å². The summed E-state index contributed by atoms with van der Waals surface area (Å²) >= 11 is 0. The third-order valence-electron chi connectivity index (χ3n) is 4.16. The van der Waals surface area contributed by atoms with E-state index in [1.165, 1.54) is 0 Å². The van der Waals surface area contributed by atoms with E-state index in [-0.39, 0.29) is 12.1 Å². The van der Waals surface area contributed by atoms with Gasteiger partial charge in [-0.1, -0.05) is 40.0 Å². The van der Waals surface area contributed by atoms with Gasteiger partial charge in [-0.3, -0.25) is 0 Å². The molecule has 1 aliphatic rings. The third kappa shape index (κ3) is 6.05. The summed E-state index contributed by atoms with van der Waals surface area (Å²) < 4.78 is 23.0. The SMILES string of the molecule is CCCCOC[C@H]1OC(=O)[C@](C)(OCCCC)[C@@H]1OCCCC. The molecule has 1 fully saturated rings. The van der Waals surface area contributed by atoms with Crippen molar-refractivity contribution < 1.29 is 23.7 Å². The first-order valence-electron chi connectivity index (χ1n) is 9.14. The normalized spacial score (nSPS) is 27.4. The van der Waals surface area contributed by atoms with Crippen LogP contribution in [-0.4, -0.2) is 50.2 Å². The molecule has 0 aromatic rings. The van der Waals surface area contributed by atoms with Crippen molar-refractivity contribution in [3.63, 3.8) is 0 Å². The zero-order valence-corrected chi connectivity index (χ0v) is 15.3. The Hall–Kier alpha value is -0.650. The molecule has 23 heavy (non-hydrogen) atoms. The van der Waals surface area contributed by atoms with Crippen LogP contribution in [0, 0.1) is 0 Å². The Labute approximate surface area is 141 Å². The van der Waals surface area contributed by atoms with Gasteiger partial charge in [0.1, 0.15) is 6.10 Å². The summed E-state index contributed by atoms with van der Waals surface area (Å²) in [6.45, 7) is 10.3. The quantitative estimate of drug-likeness (QED) is 0.382. The van der Waals surface area contributed by atoms with Gasteiger partial charge in [0.25, 0.3) is 0 Å². The van der Waals surface area contributed by atoms with Crippen LogP contribution in [0.4, 0.5) is 0 Å². The molecule has 0 aliphatic carbocycles. The summed E-state index contributed by atoms with van der Waals surface area (Å²) in [4.78, 5) is 12.3. The van der Waals surface area contributed by atoms with E-state index >= 15 is 0 Å². The monoisotopic (exact) mass is 330 g/mol. The maximum absolute atomic E-state index is 12.3. The Balaban J connectivity index is 2.66. The lowest BCUT2D eigenvalue weighted by molar-refractivity contribution is -0.164. The standard InChI is InChI=1S/C18H34O5/c1-5-8-11-20-14-15-16(21-12-9-6-2)18(4,17(19)23-15)22-13-10-7-3/h15-16H,5-14H2,1-4H3/t15-,16-,18-/m1/s1. The topological polar surface area (TPSA) is 54.0 Å². The highest BCUT2D eigenvalue weighted by Crippen LogP contribution is 2.33. The van der Waals surface area contributed by atoms with E-state index in [0.717, 1.165) is 38.5 Å². The van der Waals surface area contributed by atoms with Crippen LogP contribution in [0.2, 0.25) is 0 Å². The molecule has 0 aromatic carbocycles. The van der Waals surface area contributed by atoms with Crippen LogP contribution in [0.1, 0.15) is 66.2 Å². The Morgan fingerprint density at radius 2 is 1.61 bits per heavy atom. The maximum atomic E-state index is 12.3. The van der Waals surface area contributed by atoms with Gasteiger partial charge in [0.2, 0.25) is 0 Å². The highest BCUT2D eigenvalue weighted by atomic mass is 16.6. The second-order valence-electron chi connectivity index (χ2n) is 6.33. The zero-order valence-electron chi connectivity index (χ0n) is 15.3. The van der Waals surface area contributed by atoms with Crippen molar-refractivity contribution in [1.29, 1.82) is 0 Å². The van der Waals surface area contributed by atoms with E-state index in [9.17, 15) is 4.79 Å². The predicted octanol–water partition coefficient (Wildman–Crippen LogP) is 3.49. The maximum Gasteiger partial charge on any atom is 0.341 e. The molecule has 1 aliphatic heterocycles. The Kier molecular flexibility index (Phi) is 9.75. The van der Waals surface area contributed by atoms with Gasteiger partial charge < -0.3 is 18.9 Å². The number of carbonyl (C=O) groups is 1. The number of cyclic esters (lactones) is 1. The first-order valence-corrected chi connectivity index (χ1v) is 9.14. The molecule has 0 unspecified atom stereocenters. The van der Waals surface area contributed by atoms with Crippen molar-refractivity contribution >= 4 is 5.97 Å². The van der Waals surface area contributed by atoms with Gasteiger partial charge in [-0.25, -0.2) is 4.79 Å². The molecule has 0 amide bonds. The lowest BCUT2D eigenvalue weighted by Crippen LogP contribution is -2.48. The van der Waals surface area contributed by atoms with Gasteiger partial charge >= 0.3 is 5.97 Å². The average Bonchev–Trinajstić information content (AvgIpc) is 2.77. The van der Waals surface area contributed by atoms with Crippen LogP contribution in [0.3, 0.4) is 0 Å². The summed E-state index contributed by atoms with van der Waals surface area (Å²) in [6.07, 6.45) is 5.25. The van der Waals surface area contributed by atoms with Crippen molar-refractivity contribution in [2.75, 3.05) is 26.4 Å². The minimum atomic E-state index is -1.03. The minimum absolute atomic E-state index is 0.334. The molecule has 3 atom stereocenters. The number of hydrogen-bond donors (Lipinski definition) is 0. The fraction of sp³-hybridized carbons (Fsp3) is 0.944. The van der Waals surface area contributed by atoms with Crippen LogP contribution >= 0.6 is 0 Å². The first kappa shape index (κ1) is 20.4. The second-order valence-corrected chi connectivity index (χ2v) is 6.33. The highest BCUT2D eigenvalue weighted by molar-refractivity contribution is 5.82. The minimum Gasteiger partial charge on any atom is -0.455 e. The van der Waals surface area contributed by atoms with Crippen molar-refractivity contribution in [1.82, 2.24) is 0 Å². The van der Waals surface area contributed by atoms with Crippen molar-refractivity contribution in [3.05, 3.63) is 0 Å². The fourth-order valence-corrected chi connectivity index (χ4v) is 2.55. The van der Waals surface area contributed by atoms with Crippen LogP contribution in [0.15, 0.2) is 0 Å². The molecule has 0 bridgehead atoms. The van der Waals surface area contributed by atoms with Crippen LogP contribution in [0.25, 0.3) is 0 Å². The Morgan fingerprint density at radius 1 is 1.00 bits per heavy atom. The van der Waals surface area contributed by atoms with Crippen molar-refractivity contribution in [2.45, 2.75) is 84.0 Å². The lowest BCUT2D eigenvalue weighted by Gasteiger charge is -2.29. The molecule has 1 rings (SSSR count). The van der Waals surface area contributed by atoms with E-state index in [1.54, 1.807) is 6.92 Å². The van der Waals surface area contributed by atoms with E-state index < -0.39 is 11.7 Å². The number of ether oxygens (including phenoxy) is 4. The summed E-state index contributed by atoms with van der Waals surface area (Å²) in [5, 5.41) is 0. The summed E-state index contributed by atoms with van der Waals surface area (Å²) in [5.74, 6) is -0.334. The molecule has 1 saturated heterocycles. The summed E-state index contributed by atoms with van der Waals surface area (Å²) in [6, 6.07) is 0. The van der Waals surface area contributed by atoms with Crippen molar-refractivity contribution in [2.24, 2.45) is 0 Å².